The number of H-pyrrole nitrogens is 1. The summed E-state index contributed by atoms with van der Waals surface area (Å²) in [5, 5.41) is 13.4. The molecule has 10 heteroatoms. The number of nitro groups is 1. The number of non-ortho nitro benzene ring substituents is 1. The lowest BCUT2D eigenvalue weighted by atomic mass is 10.0. The molecule has 1 unspecified atom stereocenters. The normalized spacial score (nSPS) is 11.7. The van der Waals surface area contributed by atoms with Crippen molar-refractivity contribution in [2.45, 2.75) is 19.9 Å². The number of ketones is 1. The molecule has 0 saturated carbocycles. The van der Waals surface area contributed by atoms with E-state index in [2.05, 4.69) is 10.3 Å². The van der Waals surface area contributed by atoms with Gasteiger partial charge in [-0.1, -0.05) is 25.4 Å². The van der Waals surface area contributed by atoms with Crippen molar-refractivity contribution in [1.82, 2.24) is 10.3 Å². The monoisotopic (exact) mass is 407 g/mol. The number of nitro benzene ring substituents is 1. The van der Waals surface area contributed by atoms with Gasteiger partial charge in [0, 0.05) is 18.3 Å². The van der Waals surface area contributed by atoms with E-state index in [1.54, 1.807) is 32.2 Å². The molecule has 0 fully saturated rings. The van der Waals surface area contributed by atoms with Gasteiger partial charge in [0.1, 0.15) is 6.04 Å². The van der Waals surface area contributed by atoms with Crippen molar-refractivity contribution >= 4 is 34.9 Å². The summed E-state index contributed by atoms with van der Waals surface area (Å²) >= 11 is 5.95. The standard InChI is InChI=1S/C18H18ClN3O6/c1-10(2)16(18(25)28-9-15(23)14-4-3-7-20-14)21-17(24)12-8-11(22(26)27)5-6-13(12)19/h3-8,10,16,20H,9H2,1-2H3,(H,21,24). The van der Waals surface area contributed by atoms with Crippen molar-refractivity contribution in [1.29, 1.82) is 0 Å². The Kier molecular flexibility index (Phi) is 6.89. The summed E-state index contributed by atoms with van der Waals surface area (Å²) in [6.45, 7) is 2.86. The molecule has 0 aliphatic heterocycles. The Morgan fingerprint density at radius 1 is 1.29 bits per heavy atom. The zero-order valence-corrected chi connectivity index (χ0v) is 15.9. The Bertz CT molecular complexity index is 895. The van der Waals surface area contributed by atoms with Crippen LogP contribution in [0.4, 0.5) is 5.69 Å². The van der Waals surface area contributed by atoms with Crippen molar-refractivity contribution in [2.75, 3.05) is 6.61 Å². The molecule has 1 aromatic carbocycles. The molecule has 0 aliphatic rings. The van der Waals surface area contributed by atoms with Gasteiger partial charge in [-0.15, -0.1) is 0 Å². The van der Waals surface area contributed by atoms with E-state index in [0.29, 0.717) is 5.69 Å². The van der Waals surface area contributed by atoms with Gasteiger partial charge in [0.15, 0.2) is 6.61 Å². The molecule has 1 aromatic heterocycles. The number of ether oxygens (including phenoxy) is 1. The molecule has 0 radical (unpaired) electrons. The quantitative estimate of drug-likeness (QED) is 0.299. The van der Waals surface area contributed by atoms with Gasteiger partial charge >= 0.3 is 5.97 Å². The number of benzene rings is 1. The predicted octanol–water partition coefficient (Wildman–Crippen LogP) is 2.76. The number of aromatic amines is 1. The number of carbonyl (C=O) groups excluding carboxylic acids is 3. The van der Waals surface area contributed by atoms with Crippen molar-refractivity contribution in [3.63, 3.8) is 0 Å². The lowest BCUT2D eigenvalue weighted by Crippen LogP contribution is -2.45. The van der Waals surface area contributed by atoms with E-state index >= 15 is 0 Å². The number of halogens is 1. The number of Topliss-reactive ketones (excluding diaryl/α,β-unsaturated/α-hetero) is 1. The van der Waals surface area contributed by atoms with Crippen molar-refractivity contribution in [2.24, 2.45) is 5.92 Å². The number of hydrogen-bond donors (Lipinski definition) is 2. The third kappa shape index (κ3) is 5.17. The molecular formula is C18H18ClN3O6. The molecule has 148 valence electrons. The fourth-order valence-corrected chi connectivity index (χ4v) is 2.53. The minimum absolute atomic E-state index is 0.000830. The second kappa shape index (κ2) is 9.14. The Hall–Kier alpha value is -3.20. The van der Waals surface area contributed by atoms with Gasteiger partial charge < -0.3 is 15.0 Å². The summed E-state index contributed by atoms with van der Waals surface area (Å²) in [5.41, 5.74) is -0.159. The van der Waals surface area contributed by atoms with Crippen molar-refractivity contribution < 1.29 is 24.0 Å². The summed E-state index contributed by atoms with van der Waals surface area (Å²) in [5.74, 6) is -2.35. The van der Waals surface area contributed by atoms with Crippen LogP contribution >= 0.6 is 11.6 Å². The second-order valence-corrected chi connectivity index (χ2v) is 6.64. The highest BCUT2D eigenvalue weighted by Gasteiger charge is 2.28. The molecule has 0 saturated heterocycles. The second-order valence-electron chi connectivity index (χ2n) is 6.23. The molecule has 0 bridgehead atoms. The van der Waals surface area contributed by atoms with E-state index in [0.717, 1.165) is 6.07 Å². The van der Waals surface area contributed by atoms with Crippen LogP contribution in [0.25, 0.3) is 0 Å². The van der Waals surface area contributed by atoms with Gasteiger partial charge in [-0.2, -0.15) is 0 Å². The third-order valence-electron chi connectivity index (χ3n) is 3.86. The smallest absolute Gasteiger partial charge is 0.329 e. The maximum Gasteiger partial charge on any atom is 0.329 e. The summed E-state index contributed by atoms with van der Waals surface area (Å²) in [4.78, 5) is 49.7. The van der Waals surface area contributed by atoms with Gasteiger partial charge in [0.25, 0.3) is 11.6 Å². The molecule has 2 N–H and O–H groups in total. The summed E-state index contributed by atoms with van der Waals surface area (Å²) in [7, 11) is 0. The number of hydrogen-bond acceptors (Lipinski definition) is 6. The van der Waals surface area contributed by atoms with Crippen LogP contribution in [0.3, 0.4) is 0 Å². The fourth-order valence-electron chi connectivity index (χ4n) is 2.33. The Labute approximate surface area is 165 Å². The minimum atomic E-state index is -1.07. The molecule has 9 nitrogen and oxygen atoms in total. The summed E-state index contributed by atoms with van der Waals surface area (Å²) in [6.07, 6.45) is 1.56. The van der Waals surface area contributed by atoms with Gasteiger partial charge in [-0.3, -0.25) is 19.7 Å². The summed E-state index contributed by atoms with van der Waals surface area (Å²) in [6, 6.07) is 5.53. The maximum atomic E-state index is 12.5. The lowest BCUT2D eigenvalue weighted by molar-refractivity contribution is -0.384. The highest BCUT2D eigenvalue weighted by Crippen LogP contribution is 2.22. The molecule has 28 heavy (non-hydrogen) atoms. The van der Waals surface area contributed by atoms with E-state index < -0.39 is 35.2 Å². The predicted molar refractivity (Wildman–Crippen MR) is 100 cm³/mol. The lowest BCUT2D eigenvalue weighted by Gasteiger charge is -2.21. The first kappa shape index (κ1) is 21.1. The number of nitrogens with zero attached hydrogens (tertiary/aromatic N) is 1. The molecule has 0 aliphatic carbocycles. The Balaban J connectivity index is 2.08. The Morgan fingerprint density at radius 2 is 2.00 bits per heavy atom. The first-order valence-electron chi connectivity index (χ1n) is 8.28. The number of esters is 1. The zero-order chi connectivity index (χ0) is 20.8. The minimum Gasteiger partial charge on any atom is -0.456 e. The van der Waals surface area contributed by atoms with Crippen LogP contribution in [0.2, 0.25) is 5.02 Å². The van der Waals surface area contributed by atoms with Crippen molar-refractivity contribution in [3.8, 4) is 0 Å². The van der Waals surface area contributed by atoms with Crippen LogP contribution in [0.5, 0.6) is 0 Å². The number of nitrogens with one attached hydrogen (secondary N) is 2. The van der Waals surface area contributed by atoms with Crippen LogP contribution in [0.15, 0.2) is 36.5 Å². The van der Waals surface area contributed by atoms with Crippen LogP contribution in [0, 0.1) is 16.0 Å². The molecule has 2 aromatic rings. The van der Waals surface area contributed by atoms with Crippen LogP contribution in [-0.4, -0.2) is 40.2 Å². The summed E-state index contributed by atoms with van der Waals surface area (Å²) < 4.78 is 5.02. The molecular weight excluding hydrogens is 390 g/mol. The van der Waals surface area contributed by atoms with E-state index in [1.165, 1.54) is 12.1 Å². The third-order valence-corrected chi connectivity index (χ3v) is 4.19. The van der Waals surface area contributed by atoms with Gasteiger partial charge in [-0.05, 0) is 24.1 Å². The number of aromatic nitrogens is 1. The number of carbonyl (C=O) groups is 3. The molecule has 0 spiro atoms. The van der Waals surface area contributed by atoms with Crippen LogP contribution < -0.4 is 5.32 Å². The molecule has 1 heterocycles. The van der Waals surface area contributed by atoms with Gasteiger partial charge in [0.2, 0.25) is 5.78 Å². The molecule has 1 atom stereocenters. The highest BCUT2D eigenvalue weighted by molar-refractivity contribution is 6.34. The van der Waals surface area contributed by atoms with Crippen molar-refractivity contribution in [3.05, 3.63) is 62.9 Å². The van der Waals surface area contributed by atoms with Crippen LogP contribution in [0.1, 0.15) is 34.7 Å². The van der Waals surface area contributed by atoms with Gasteiger partial charge in [-0.25, -0.2) is 4.79 Å². The highest BCUT2D eigenvalue weighted by atomic mass is 35.5. The molecule has 2 rings (SSSR count). The zero-order valence-electron chi connectivity index (χ0n) is 15.1. The van der Waals surface area contributed by atoms with Crippen LogP contribution in [-0.2, 0) is 9.53 Å². The van der Waals surface area contributed by atoms with E-state index in [4.69, 9.17) is 16.3 Å². The van der Waals surface area contributed by atoms with Gasteiger partial charge in [0.05, 0.1) is 21.2 Å². The first-order valence-corrected chi connectivity index (χ1v) is 8.66. The van der Waals surface area contributed by atoms with E-state index in [9.17, 15) is 24.5 Å². The average molecular weight is 408 g/mol. The average Bonchev–Trinajstić information content (AvgIpc) is 3.18. The number of rotatable bonds is 8. The largest absolute Gasteiger partial charge is 0.456 e. The number of amides is 1. The van der Waals surface area contributed by atoms with E-state index in [-0.39, 0.29) is 22.2 Å². The van der Waals surface area contributed by atoms with E-state index in [1.807, 2.05) is 0 Å². The Morgan fingerprint density at radius 3 is 2.57 bits per heavy atom. The first-order chi connectivity index (χ1) is 13.2. The molecule has 1 amide bonds. The fraction of sp³-hybridized carbons (Fsp3) is 0.278. The topological polar surface area (TPSA) is 131 Å². The maximum absolute atomic E-state index is 12.5. The SMILES string of the molecule is CC(C)C(NC(=O)c1cc([N+](=O)[O-])ccc1Cl)C(=O)OCC(=O)c1ccc[nH]1.